The smallest absolute Gasteiger partial charge is 0.394 e. The van der Waals surface area contributed by atoms with Crippen molar-refractivity contribution in [2.75, 3.05) is 20.2 Å². The molecule has 1 aliphatic rings. The molecule has 2 rings (SSSR count). The Morgan fingerprint density at radius 3 is 2.44 bits per heavy atom. The summed E-state index contributed by atoms with van der Waals surface area (Å²) in [7, 11) is 1.15. The predicted octanol–water partition coefficient (Wildman–Crippen LogP) is 1.94. The molecule has 0 spiro atoms. The lowest BCUT2D eigenvalue weighted by Gasteiger charge is -2.18. The number of ether oxygens (including phenoxy) is 1. The molecule has 0 saturated carbocycles. The van der Waals surface area contributed by atoms with Crippen LogP contribution < -0.4 is 4.74 Å². The van der Waals surface area contributed by atoms with Gasteiger partial charge in [0.15, 0.2) is 5.75 Å². The van der Waals surface area contributed by atoms with Crippen LogP contribution in [0.2, 0.25) is 0 Å². The molecule has 1 N–H and O–H groups in total. The molecule has 0 bridgehead atoms. The van der Waals surface area contributed by atoms with E-state index < -0.39 is 53.6 Å². The Bertz CT molecular complexity index is 721. The van der Waals surface area contributed by atoms with E-state index in [2.05, 4.69) is 0 Å². The van der Waals surface area contributed by atoms with E-state index in [1.807, 2.05) is 0 Å². The van der Waals surface area contributed by atoms with Gasteiger partial charge in [0.1, 0.15) is 0 Å². The number of nitro benzene ring substituents is 1. The number of carbonyl (C=O) groups is 2. The van der Waals surface area contributed by atoms with Gasteiger partial charge in [-0.05, 0) is 6.07 Å². The van der Waals surface area contributed by atoms with Crippen molar-refractivity contribution >= 4 is 17.6 Å². The van der Waals surface area contributed by atoms with Crippen LogP contribution in [-0.2, 0) is 4.79 Å². The fourth-order valence-corrected chi connectivity index (χ4v) is 2.70. The van der Waals surface area contributed by atoms with Crippen LogP contribution in [0, 0.1) is 22.0 Å². The number of carboxylic acid groups (broad SMARTS) is 1. The van der Waals surface area contributed by atoms with Crippen LogP contribution >= 0.6 is 0 Å². The van der Waals surface area contributed by atoms with Crippen LogP contribution in [0.3, 0.4) is 0 Å². The van der Waals surface area contributed by atoms with Crippen LogP contribution in [0.4, 0.5) is 18.9 Å². The van der Waals surface area contributed by atoms with Crippen LogP contribution in [0.1, 0.15) is 10.4 Å². The molecule has 0 aromatic heterocycles. The third kappa shape index (κ3) is 3.64. The molecule has 0 aliphatic carbocycles. The first-order valence-electron chi connectivity index (χ1n) is 6.97. The molecule has 1 fully saturated rings. The van der Waals surface area contributed by atoms with Crippen LogP contribution in [0.25, 0.3) is 0 Å². The molecule has 11 heteroatoms. The third-order valence-electron chi connectivity index (χ3n) is 3.97. The van der Waals surface area contributed by atoms with E-state index in [0.29, 0.717) is 0 Å². The summed E-state index contributed by atoms with van der Waals surface area (Å²) in [5, 5.41) is 19.8. The Morgan fingerprint density at radius 2 is 2.00 bits per heavy atom. The van der Waals surface area contributed by atoms with Gasteiger partial charge in [0.05, 0.1) is 23.9 Å². The molecule has 0 radical (unpaired) electrons. The van der Waals surface area contributed by atoms with Crippen LogP contribution in [-0.4, -0.2) is 53.2 Å². The number of hydrogen-bond acceptors (Lipinski definition) is 5. The predicted molar refractivity (Wildman–Crippen MR) is 76.2 cm³/mol. The van der Waals surface area contributed by atoms with E-state index in [1.54, 1.807) is 0 Å². The number of carboxylic acids is 1. The summed E-state index contributed by atoms with van der Waals surface area (Å²) >= 11 is 0. The average molecular weight is 362 g/mol. The molecule has 1 amide bonds. The highest BCUT2D eigenvalue weighted by Gasteiger charge is 2.53. The molecule has 136 valence electrons. The molecule has 0 unspecified atom stereocenters. The molecule has 1 aliphatic heterocycles. The van der Waals surface area contributed by atoms with Gasteiger partial charge in [0, 0.05) is 30.8 Å². The Kier molecular flexibility index (Phi) is 4.86. The van der Waals surface area contributed by atoms with Gasteiger partial charge in [-0.3, -0.25) is 19.7 Å². The number of aliphatic carboxylic acids is 1. The van der Waals surface area contributed by atoms with E-state index in [4.69, 9.17) is 9.84 Å². The summed E-state index contributed by atoms with van der Waals surface area (Å²) in [6.45, 7) is -1.39. The van der Waals surface area contributed by atoms with Gasteiger partial charge >= 0.3 is 17.8 Å². The molecule has 8 nitrogen and oxygen atoms in total. The van der Waals surface area contributed by atoms with Gasteiger partial charge in [-0.2, -0.15) is 13.2 Å². The monoisotopic (exact) mass is 362 g/mol. The van der Waals surface area contributed by atoms with Crippen molar-refractivity contribution < 1.29 is 37.5 Å². The maximum absolute atomic E-state index is 13.0. The highest BCUT2D eigenvalue weighted by molar-refractivity contribution is 5.95. The lowest BCUT2D eigenvalue weighted by Crippen LogP contribution is -2.34. The zero-order valence-electron chi connectivity index (χ0n) is 12.8. The van der Waals surface area contributed by atoms with E-state index in [0.717, 1.165) is 30.2 Å². The van der Waals surface area contributed by atoms with Crippen molar-refractivity contribution in [2.24, 2.45) is 11.8 Å². The molecule has 2 atom stereocenters. The van der Waals surface area contributed by atoms with Gasteiger partial charge in [-0.15, -0.1) is 0 Å². The summed E-state index contributed by atoms with van der Waals surface area (Å²) < 4.78 is 43.7. The number of nitro groups is 1. The number of hydrogen-bond donors (Lipinski definition) is 1. The largest absolute Gasteiger partial charge is 0.490 e. The summed E-state index contributed by atoms with van der Waals surface area (Å²) in [6.07, 6.45) is -4.76. The SMILES string of the molecule is COc1cc(C(=O)N2C[C@@H](C(F)(F)F)[C@H](C(=O)O)C2)ccc1[N+](=O)[O-]. The first kappa shape index (κ1) is 18.5. The minimum Gasteiger partial charge on any atom is -0.490 e. The number of halogens is 3. The van der Waals surface area contributed by atoms with Gasteiger partial charge in [0.2, 0.25) is 0 Å². The van der Waals surface area contributed by atoms with Crippen molar-refractivity contribution in [1.82, 2.24) is 4.90 Å². The maximum atomic E-state index is 13.0. The normalized spacial score (nSPS) is 20.4. The molecule has 1 aromatic rings. The number of nitrogens with zero attached hydrogens (tertiary/aromatic N) is 2. The van der Waals surface area contributed by atoms with E-state index in [-0.39, 0.29) is 11.3 Å². The summed E-state index contributed by atoms with van der Waals surface area (Å²) in [6, 6.07) is 3.12. The Hall–Kier alpha value is -2.85. The van der Waals surface area contributed by atoms with Crippen molar-refractivity contribution in [3.63, 3.8) is 0 Å². The van der Waals surface area contributed by atoms with Gasteiger partial charge in [-0.1, -0.05) is 0 Å². The topological polar surface area (TPSA) is 110 Å². The first-order chi connectivity index (χ1) is 11.6. The van der Waals surface area contributed by atoms with Crippen molar-refractivity contribution in [1.29, 1.82) is 0 Å². The lowest BCUT2D eigenvalue weighted by atomic mass is 9.96. The number of methoxy groups -OCH3 is 1. The van der Waals surface area contributed by atoms with Crippen molar-refractivity contribution in [3.05, 3.63) is 33.9 Å². The number of rotatable bonds is 4. The zero-order valence-corrected chi connectivity index (χ0v) is 12.8. The molecular formula is C14H13F3N2O6. The van der Waals surface area contributed by atoms with Gasteiger partial charge in [0.25, 0.3) is 5.91 Å². The second kappa shape index (κ2) is 6.57. The second-order valence-corrected chi connectivity index (χ2v) is 5.45. The van der Waals surface area contributed by atoms with Crippen molar-refractivity contribution in [2.45, 2.75) is 6.18 Å². The standard InChI is InChI=1S/C14H13F3N2O6/c1-25-11-4-7(2-3-10(11)19(23)24)12(20)18-5-8(13(21)22)9(6-18)14(15,16)17/h2-4,8-9H,5-6H2,1H3,(H,21,22)/t8-,9-/m1/s1. The van der Waals surface area contributed by atoms with E-state index in [9.17, 15) is 32.9 Å². The quantitative estimate of drug-likeness (QED) is 0.647. The average Bonchev–Trinajstić information content (AvgIpc) is 2.99. The van der Waals surface area contributed by atoms with Crippen LogP contribution in [0.5, 0.6) is 5.75 Å². The minimum atomic E-state index is -4.76. The number of benzene rings is 1. The molecule has 1 saturated heterocycles. The summed E-state index contributed by atoms with van der Waals surface area (Å²) in [4.78, 5) is 34.3. The van der Waals surface area contributed by atoms with Gasteiger partial charge in [-0.25, -0.2) is 0 Å². The zero-order chi connectivity index (χ0) is 18.9. The Morgan fingerprint density at radius 1 is 1.36 bits per heavy atom. The number of carbonyl (C=O) groups excluding carboxylic acids is 1. The molecule has 25 heavy (non-hydrogen) atoms. The maximum Gasteiger partial charge on any atom is 0.394 e. The molecule has 1 heterocycles. The molecular weight excluding hydrogens is 349 g/mol. The Balaban J connectivity index is 2.29. The van der Waals surface area contributed by atoms with Crippen molar-refractivity contribution in [3.8, 4) is 5.75 Å². The van der Waals surface area contributed by atoms with E-state index >= 15 is 0 Å². The highest BCUT2D eigenvalue weighted by atomic mass is 19.4. The fourth-order valence-electron chi connectivity index (χ4n) is 2.70. The first-order valence-corrected chi connectivity index (χ1v) is 6.97. The highest BCUT2D eigenvalue weighted by Crippen LogP contribution is 2.38. The molecule has 1 aromatic carbocycles. The van der Waals surface area contributed by atoms with Crippen LogP contribution in [0.15, 0.2) is 18.2 Å². The lowest BCUT2D eigenvalue weighted by molar-refractivity contribution is -0.385. The summed E-state index contributed by atoms with van der Waals surface area (Å²) in [5.41, 5.74) is -0.536. The van der Waals surface area contributed by atoms with E-state index in [1.165, 1.54) is 0 Å². The fraction of sp³-hybridized carbons (Fsp3) is 0.429. The number of likely N-dealkylation sites (tertiary alicyclic amines) is 1. The Labute approximate surface area is 138 Å². The number of alkyl halides is 3. The van der Waals surface area contributed by atoms with Gasteiger partial charge < -0.3 is 14.7 Å². The third-order valence-corrected chi connectivity index (χ3v) is 3.97. The number of amides is 1. The second-order valence-electron chi connectivity index (χ2n) is 5.45. The minimum absolute atomic E-state index is 0.130. The summed E-state index contributed by atoms with van der Waals surface area (Å²) in [5.74, 6) is -6.65.